The van der Waals surface area contributed by atoms with E-state index in [9.17, 15) is 4.79 Å². The van der Waals surface area contributed by atoms with Gasteiger partial charge in [-0.25, -0.2) is 0 Å². The highest BCUT2D eigenvalue weighted by Crippen LogP contribution is 2.32. The lowest BCUT2D eigenvalue weighted by Gasteiger charge is -2.10. The maximum absolute atomic E-state index is 12.5. The number of carbonyl (C=O) groups is 1. The molecule has 2 aromatic carbocycles. The second-order valence-corrected chi connectivity index (χ2v) is 6.08. The SMILES string of the molecule is C=Nc1cc(C(=O)NCc2ccc3c(c2)OCO3)ccc1NC/C=N/N/C=C/C. The average Bonchev–Trinajstić information content (AvgIpc) is 3.22. The van der Waals surface area contributed by atoms with E-state index in [1.165, 1.54) is 0 Å². The van der Waals surface area contributed by atoms with Gasteiger partial charge in [-0.2, -0.15) is 5.10 Å². The number of nitrogens with zero attached hydrogens (tertiary/aromatic N) is 2. The molecule has 1 heterocycles. The fourth-order valence-electron chi connectivity index (χ4n) is 2.66. The van der Waals surface area contributed by atoms with Crippen molar-refractivity contribution in [1.82, 2.24) is 10.7 Å². The van der Waals surface area contributed by atoms with E-state index in [1.54, 1.807) is 30.6 Å². The second kappa shape index (κ2) is 9.93. The molecular formula is C21H23N5O3. The molecule has 3 rings (SSSR count). The predicted molar refractivity (Wildman–Crippen MR) is 114 cm³/mol. The molecule has 1 amide bonds. The van der Waals surface area contributed by atoms with E-state index in [-0.39, 0.29) is 12.7 Å². The molecule has 8 heteroatoms. The van der Waals surface area contributed by atoms with E-state index in [1.807, 2.05) is 31.2 Å². The van der Waals surface area contributed by atoms with Gasteiger partial charge in [0.05, 0.1) is 17.9 Å². The Balaban J connectivity index is 1.57. The first-order valence-electron chi connectivity index (χ1n) is 9.11. The first kappa shape index (κ1) is 19.9. The van der Waals surface area contributed by atoms with Crippen LogP contribution in [0.5, 0.6) is 11.5 Å². The Kier molecular flexibility index (Phi) is 6.83. The molecule has 0 unspecified atom stereocenters. The van der Waals surface area contributed by atoms with Crippen LogP contribution in [-0.2, 0) is 6.54 Å². The molecule has 0 saturated carbocycles. The summed E-state index contributed by atoms with van der Waals surface area (Å²) < 4.78 is 10.6. The van der Waals surface area contributed by atoms with Crippen LogP contribution in [0.15, 0.2) is 58.8 Å². The molecule has 0 aromatic heterocycles. The van der Waals surface area contributed by atoms with Crippen LogP contribution in [0.2, 0.25) is 0 Å². The molecule has 0 radical (unpaired) electrons. The van der Waals surface area contributed by atoms with Crippen LogP contribution < -0.4 is 25.5 Å². The third-order valence-corrected chi connectivity index (χ3v) is 4.11. The number of allylic oxidation sites excluding steroid dienone is 1. The molecule has 0 aliphatic carbocycles. The lowest BCUT2D eigenvalue weighted by molar-refractivity contribution is 0.0951. The van der Waals surface area contributed by atoms with Gasteiger partial charge in [-0.3, -0.25) is 15.2 Å². The second-order valence-electron chi connectivity index (χ2n) is 6.08. The molecule has 0 saturated heterocycles. The molecular weight excluding hydrogens is 370 g/mol. The van der Waals surface area contributed by atoms with E-state index in [0.29, 0.717) is 35.8 Å². The maximum Gasteiger partial charge on any atom is 0.251 e. The highest BCUT2D eigenvalue weighted by atomic mass is 16.7. The first-order chi connectivity index (χ1) is 14.2. The van der Waals surface area contributed by atoms with E-state index in [4.69, 9.17) is 9.47 Å². The summed E-state index contributed by atoms with van der Waals surface area (Å²) in [5.41, 5.74) is 5.55. The van der Waals surface area contributed by atoms with Crippen LogP contribution >= 0.6 is 0 Å². The van der Waals surface area contributed by atoms with Gasteiger partial charge in [0.2, 0.25) is 6.79 Å². The van der Waals surface area contributed by atoms with Crippen LogP contribution in [0.25, 0.3) is 0 Å². The molecule has 8 nitrogen and oxygen atoms in total. The Morgan fingerprint density at radius 3 is 2.90 bits per heavy atom. The normalized spacial score (nSPS) is 12.3. The summed E-state index contributed by atoms with van der Waals surface area (Å²) in [6.07, 6.45) is 5.27. The number of hydrazone groups is 1. The molecule has 3 N–H and O–H groups in total. The predicted octanol–water partition coefficient (Wildman–Crippen LogP) is 3.20. The number of nitrogens with one attached hydrogen (secondary N) is 3. The monoisotopic (exact) mass is 393 g/mol. The van der Waals surface area contributed by atoms with Gasteiger partial charge in [0.25, 0.3) is 5.91 Å². The summed E-state index contributed by atoms with van der Waals surface area (Å²) in [5, 5.41) is 10.1. The average molecular weight is 393 g/mol. The fraction of sp³-hybridized carbons (Fsp3) is 0.190. The van der Waals surface area contributed by atoms with Gasteiger partial charge in [0.1, 0.15) is 0 Å². The Labute approximate surface area is 169 Å². The molecule has 29 heavy (non-hydrogen) atoms. The van der Waals surface area contributed by atoms with Crippen molar-refractivity contribution in [3.63, 3.8) is 0 Å². The number of amides is 1. The van der Waals surface area contributed by atoms with E-state index < -0.39 is 0 Å². The van der Waals surface area contributed by atoms with Crippen molar-refractivity contribution in [2.45, 2.75) is 13.5 Å². The number of hydrogen-bond acceptors (Lipinski definition) is 7. The standard InChI is InChI=1S/C21H23N5O3/c1-3-8-25-26-10-9-23-17-6-5-16(12-18(17)22-2)21(27)24-13-15-4-7-19-20(11-15)29-14-28-19/h3-8,10-12,23,25H,2,9,13-14H2,1H3,(H,24,27)/b8-3+,26-10+. The van der Waals surface area contributed by atoms with Gasteiger partial charge < -0.3 is 20.1 Å². The Morgan fingerprint density at radius 1 is 1.21 bits per heavy atom. The minimum Gasteiger partial charge on any atom is -0.454 e. The summed E-state index contributed by atoms with van der Waals surface area (Å²) >= 11 is 0. The van der Waals surface area contributed by atoms with Crippen LogP contribution in [0.4, 0.5) is 11.4 Å². The fourth-order valence-corrected chi connectivity index (χ4v) is 2.66. The molecule has 1 aliphatic rings. The van der Waals surface area contributed by atoms with Gasteiger partial charge in [0, 0.05) is 24.5 Å². The van der Waals surface area contributed by atoms with Crippen molar-refractivity contribution in [2.24, 2.45) is 10.1 Å². The van der Waals surface area contributed by atoms with E-state index in [2.05, 4.69) is 32.9 Å². The van der Waals surface area contributed by atoms with Crippen LogP contribution in [0.3, 0.4) is 0 Å². The lowest BCUT2D eigenvalue weighted by Crippen LogP contribution is -2.22. The van der Waals surface area contributed by atoms with Crippen LogP contribution in [0.1, 0.15) is 22.8 Å². The minimum absolute atomic E-state index is 0.198. The third kappa shape index (κ3) is 5.35. The lowest BCUT2D eigenvalue weighted by atomic mass is 10.1. The highest BCUT2D eigenvalue weighted by Gasteiger charge is 2.14. The van der Waals surface area contributed by atoms with E-state index in [0.717, 1.165) is 11.3 Å². The van der Waals surface area contributed by atoms with Gasteiger partial charge in [-0.15, -0.1) is 0 Å². The summed E-state index contributed by atoms with van der Waals surface area (Å²) in [5.74, 6) is 1.21. The molecule has 0 bridgehead atoms. The van der Waals surface area contributed by atoms with Crippen molar-refractivity contribution in [3.8, 4) is 11.5 Å². The quantitative estimate of drug-likeness (QED) is 0.449. The van der Waals surface area contributed by atoms with Crippen molar-refractivity contribution in [1.29, 1.82) is 0 Å². The smallest absolute Gasteiger partial charge is 0.251 e. The zero-order chi connectivity index (χ0) is 20.5. The minimum atomic E-state index is -0.198. The highest BCUT2D eigenvalue weighted by molar-refractivity contribution is 5.96. The molecule has 0 fully saturated rings. The number of benzene rings is 2. The van der Waals surface area contributed by atoms with Gasteiger partial charge in [0.15, 0.2) is 11.5 Å². The zero-order valence-corrected chi connectivity index (χ0v) is 16.1. The van der Waals surface area contributed by atoms with Crippen molar-refractivity contribution in [3.05, 3.63) is 59.8 Å². The summed E-state index contributed by atoms with van der Waals surface area (Å²) in [4.78, 5) is 16.5. The van der Waals surface area contributed by atoms with Crippen molar-refractivity contribution >= 4 is 30.2 Å². The van der Waals surface area contributed by atoms with Crippen LogP contribution in [-0.4, -0.2) is 32.2 Å². The van der Waals surface area contributed by atoms with E-state index >= 15 is 0 Å². The number of ether oxygens (including phenoxy) is 2. The van der Waals surface area contributed by atoms with Crippen molar-refractivity contribution in [2.75, 3.05) is 18.7 Å². The van der Waals surface area contributed by atoms with Gasteiger partial charge in [-0.1, -0.05) is 12.1 Å². The zero-order valence-electron chi connectivity index (χ0n) is 16.1. The summed E-state index contributed by atoms with van der Waals surface area (Å²) in [6, 6.07) is 10.8. The Bertz CT molecular complexity index is 940. The molecule has 0 spiro atoms. The first-order valence-corrected chi connectivity index (χ1v) is 9.11. The van der Waals surface area contributed by atoms with Crippen molar-refractivity contribution < 1.29 is 14.3 Å². The largest absolute Gasteiger partial charge is 0.454 e. The maximum atomic E-state index is 12.5. The molecule has 1 aliphatic heterocycles. The number of anilines is 1. The number of rotatable bonds is 9. The summed E-state index contributed by atoms with van der Waals surface area (Å²) in [7, 11) is 0. The molecule has 150 valence electrons. The number of aliphatic imine (C=N–C) groups is 1. The number of hydrogen-bond donors (Lipinski definition) is 3. The molecule has 2 aromatic rings. The third-order valence-electron chi connectivity index (χ3n) is 4.11. The molecule has 0 atom stereocenters. The van der Waals surface area contributed by atoms with Gasteiger partial charge in [-0.05, 0) is 49.5 Å². The van der Waals surface area contributed by atoms with Gasteiger partial charge >= 0.3 is 0 Å². The number of carbonyl (C=O) groups excluding carboxylic acids is 1. The topological polar surface area (TPSA) is 96.3 Å². The Morgan fingerprint density at radius 2 is 2.07 bits per heavy atom. The summed E-state index contributed by atoms with van der Waals surface area (Å²) in [6.45, 7) is 6.59. The Hall–Kier alpha value is -3.81. The van der Waals surface area contributed by atoms with Crippen LogP contribution in [0, 0.1) is 0 Å². The number of fused-ring (bicyclic) bond motifs is 1.